The first-order valence-electron chi connectivity index (χ1n) is 6.96. The fourth-order valence-corrected chi connectivity index (χ4v) is 2.00. The molecule has 0 saturated carbocycles. The van der Waals surface area contributed by atoms with E-state index in [4.69, 9.17) is 0 Å². The van der Waals surface area contributed by atoms with Crippen molar-refractivity contribution < 1.29 is 4.79 Å². The van der Waals surface area contributed by atoms with Crippen molar-refractivity contribution in [3.63, 3.8) is 0 Å². The van der Waals surface area contributed by atoms with Crippen LogP contribution in [0, 0.1) is 11.3 Å². The smallest absolute Gasteiger partial charge is 0.221 e. The van der Waals surface area contributed by atoms with E-state index >= 15 is 0 Å². The zero-order valence-corrected chi connectivity index (χ0v) is 12.3. The van der Waals surface area contributed by atoms with Crippen LogP contribution in [0.4, 0.5) is 5.82 Å². The molecular formula is C14H21N5O. The molecule has 1 aromatic rings. The third-order valence-corrected chi connectivity index (χ3v) is 2.98. The van der Waals surface area contributed by atoms with Crippen molar-refractivity contribution in [1.82, 2.24) is 15.5 Å². The Labute approximate surface area is 119 Å². The highest BCUT2D eigenvalue weighted by molar-refractivity contribution is 5.76. The molecule has 0 aliphatic rings. The second kappa shape index (κ2) is 8.10. The summed E-state index contributed by atoms with van der Waals surface area (Å²) in [4.78, 5) is 11.4. The van der Waals surface area contributed by atoms with Gasteiger partial charge in [-0.25, -0.2) is 0 Å². The third-order valence-electron chi connectivity index (χ3n) is 2.98. The van der Waals surface area contributed by atoms with Crippen LogP contribution in [-0.2, 0) is 17.6 Å². The summed E-state index contributed by atoms with van der Waals surface area (Å²) in [6.45, 7) is 6.92. The summed E-state index contributed by atoms with van der Waals surface area (Å²) in [5, 5.41) is 23.3. The van der Waals surface area contributed by atoms with E-state index in [1.54, 1.807) is 0 Å². The lowest BCUT2D eigenvalue weighted by atomic mass is 10.0. The van der Waals surface area contributed by atoms with Crippen molar-refractivity contribution in [2.45, 2.75) is 40.0 Å². The first-order chi connectivity index (χ1) is 9.67. The van der Waals surface area contributed by atoms with Crippen LogP contribution < -0.4 is 10.6 Å². The Kier molecular flexibility index (Phi) is 6.44. The number of carbonyl (C=O) groups excluding carboxylic acids is 1. The topological polar surface area (TPSA) is 90.7 Å². The van der Waals surface area contributed by atoms with Crippen molar-refractivity contribution in [3.8, 4) is 6.07 Å². The number of nitriles is 1. The van der Waals surface area contributed by atoms with Gasteiger partial charge in [-0.3, -0.25) is 4.79 Å². The Morgan fingerprint density at radius 3 is 2.55 bits per heavy atom. The van der Waals surface area contributed by atoms with Crippen LogP contribution in [0.5, 0.6) is 0 Å². The maximum Gasteiger partial charge on any atom is 0.221 e. The molecule has 1 rings (SSSR count). The molecule has 0 aliphatic heterocycles. The summed E-state index contributed by atoms with van der Waals surface area (Å²) in [5.74, 6) is 0.443. The van der Waals surface area contributed by atoms with E-state index in [0.29, 0.717) is 30.9 Å². The maximum absolute atomic E-state index is 11.4. The second-order valence-electron chi connectivity index (χ2n) is 4.30. The molecule has 0 atom stereocenters. The summed E-state index contributed by atoms with van der Waals surface area (Å²) < 4.78 is 0. The van der Waals surface area contributed by atoms with E-state index in [1.807, 2.05) is 20.8 Å². The molecule has 20 heavy (non-hydrogen) atoms. The molecule has 0 fully saturated rings. The zero-order valence-electron chi connectivity index (χ0n) is 12.3. The van der Waals surface area contributed by atoms with Gasteiger partial charge in [0.05, 0.1) is 5.69 Å². The number of carbonyl (C=O) groups is 1. The number of amides is 1. The minimum atomic E-state index is -0.0210. The van der Waals surface area contributed by atoms with Crippen LogP contribution >= 0.6 is 0 Å². The van der Waals surface area contributed by atoms with Crippen LogP contribution in [0.15, 0.2) is 0 Å². The molecule has 108 valence electrons. The molecule has 0 bridgehead atoms. The zero-order chi connectivity index (χ0) is 15.0. The number of hydrogen-bond donors (Lipinski definition) is 2. The van der Waals surface area contributed by atoms with Crippen molar-refractivity contribution in [2.24, 2.45) is 0 Å². The average Bonchev–Trinajstić information content (AvgIpc) is 2.46. The Bertz CT molecular complexity index is 507. The molecule has 0 aromatic carbocycles. The molecule has 0 spiro atoms. The molecule has 6 heteroatoms. The number of anilines is 1. The van der Waals surface area contributed by atoms with Crippen molar-refractivity contribution in [1.29, 1.82) is 5.26 Å². The fourth-order valence-electron chi connectivity index (χ4n) is 2.00. The van der Waals surface area contributed by atoms with Crippen molar-refractivity contribution in [2.75, 3.05) is 18.4 Å². The van der Waals surface area contributed by atoms with Gasteiger partial charge in [-0.05, 0) is 25.3 Å². The van der Waals surface area contributed by atoms with Gasteiger partial charge >= 0.3 is 0 Å². The minimum Gasteiger partial charge on any atom is -0.367 e. The number of nitrogens with zero attached hydrogens (tertiary/aromatic N) is 3. The van der Waals surface area contributed by atoms with E-state index in [0.717, 1.165) is 24.1 Å². The van der Waals surface area contributed by atoms with Gasteiger partial charge in [0.15, 0.2) is 5.82 Å². The minimum absolute atomic E-state index is 0.0210. The number of aryl methyl sites for hydroxylation is 1. The molecule has 1 aromatic heterocycles. The molecule has 1 heterocycles. The Morgan fingerprint density at radius 1 is 1.25 bits per heavy atom. The van der Waals surface area contributed by atoms with Gasteiger partial charge in [0, 0.05) is 19.5 Å². The summed E-state index contributed by atoms with van der Waals surface area (Å²) in [6, 6.07) is 2.19. The Balaban J connectivity index is 2.81. The molecular weight excluding hydrogens is 254 g/mol. The van der Waals surface area contributed by atoms with E-state index in [1.165, 1.54) is 0 Å². The van der Waals surface area contributed by atoms with E-state index < -0.39 is 0 Å². The van der Waals surface area contributed by atoms with Gasteiger partial charge in [0.25, 0.3) is 0 Å². The number of rotatable bonds is 7. The fraction of sp³-hybridized carbons (Fsp3) is 0.571. The Morgan fingerprint density at radius 2 is 2.00 bits per heavy atom. The van der Waals surface area contributed by atoms with Gasteiger partial charge in [0.1, 0.15) is 11.6 Å². The maximum atomic E-state index is 11.4. The van der Waals surface area contributed by atoms with Crippen molar-refractivity contribution in [3.05, 3.63) is 16.8 Å². The van der Waals surface area contributed by atoms with E-state index in [9.17, 15) is 10.1 Å². The van der Waals surface area contributed by atoms with Gasteiger partial charge < -0.3 is 10.6 Å². The van der Waals surface area contributed by atoms with Crippen LogP contribution in [0.2, 0.25) is 0 Å². The van der Waals surface area contributed by atoms with E-state index in [2.05, 4.69) is 26.9 Å². The van der Waals surface area contributed by atoms with Crippen LogP contribution in [-0.4, -0.2) is 29.2 Å². The standard InChI is InChI=1S/C14H21N5O/c1-4-10-11(9-15)14(19-18-12(10)5-2)17-8-7-13(20)16-6-3/h4-8H2,1-3H3,(H,16,20)(H,17,19). The lowest BCUT2D eigenvalue weighted by Gasteiger charge is -2.11. The van der Waals surface area contributed by atoms with E-state index in [-0.39, 0.29) is 5.91 Å². The summed E-state index contributed by atoms with van der Waals surface area (Å²) in [7, 11) is 0. The van der Waals surface area contributed by atoms with Gasteiger partial charge in [-0.1, -0.05) is 13.8 Å². The normalized spacial score (nSPS) is 9.90. The van der Waals surface area contributed by atoms with Crippen molar-refractivity contribution >= 4 is 11.7 Å². The van der Waals surface area contributed by atoms with Gasteiger partial charge in [-0.15, -0.1) is 5.10 Å². The third kappa shape index (κ3) is 3.92. The lowest BCUT2D eigenvalue weighted by Crippen LogP contribution is -2.25. The summed E-state index contributed by atoms with van der Waals surface area (Å²) in [5.41, 5.74) is 2.33. The molecule has 1 amide bonds. The van der Waals surface area contributed by atoms with Crippen LogP contribution in [0.1, 0.15) is 44.0 Å². The highest BCUT2D eigenvalue weighted by atomic mass is 16.1. The van der Waals surface area contributed by atoms with Gasteiger partial charge in [-0.2, -0.15) is 10.4 Å². The quantitative estimate of drug-likeness (QED) is 0.785. The number of hydrogen-bond acceptors (Lipinski definition) is 5. The number of nitrogens with one attached hydrogen (secondary N) is 2. The highest BCUT2D eigenvalue weighted by Crippen LogP contribution is 2.19. The largest absolute Gasteiger partial charge is 0.367 e. The number of aromatic nitrogens is 2. The molecule has 0 aliphatic carbocycles. The van der Waals surface area contributed by atoms with Crippen LogP contribution in [0.3, 0.4) is 0 Å². The average molecular weight is 275 g/mol. The first kappa shape index (κ1) is 15.9. The molecule has 2 N–H and O–H groups in total. The Hall–Kier alpha value is -2.16. The monoisotopic (exact) mass is 275 g/mol. The molecule has 0 radical (unpaired) electrons. The first-order valence-corrected chi connectivity index (χ1v) is 6.96. The van der Waals surface area contributed by atoms with Crippen LogP contribution in [0.25, 0.3) is 0 Å². The second-order valence-corrected chi connectivity index (χ2v) is 4.30. The summed E-state index contributed by atoms with van der Waals surface area (Å²) in [6.07, 6.45) is 1.84. The SMILES string of the molecule is CCNC(=O)CCNc1nnc(CC)c(CC)c1C#N. The molecule has 6 nitrogen and oxygen atoms in total. The highest BCUT2D eigenvalue weighted by Gasteiger charge is 2.14. The lowest BCUT2D eigenvalue weighted by molar-refractivity contribution is -0.120. The molecule has 0 saturated heterocycles. The summed E-state index contributed by atoms with van der Waals surface area (Å²) >= 11 is 0. The predicted octanol–water partition coefficient (Wildman–Crippen LogP) is 1.41. The van der Waals surface area contributed by atoms with Gasteiger partial charge in [0.2, 0.25) is 5.91 Å². The molecule has 0 unspecified atom stereocenters. The predicted molar refractivity (Wildman–Crippen MR) is 77.3 cm³/mol.